The van der Waals surface area contributed by atoms with Gasteiger partial charge in [0.1, 0.15) is 17.7 Å². The zero-order chi connectivity index (χ0) is 30.1. The molecule has 5 nitrogen and oxygen atoms in total. The molecule has 0 N–H and O–H groups in total. The number of benzene rings is 3. The van der Waals surface area contributed by atoms with Gasteiger partial charge in [-0.25, -0.2) is 12.8 Å². The summed E-state index contributed by atoms with van der Waals surface area (Å²) in [6.07, 6.45) is -2.94. The van der Waals surface area contributed by atoms with E-state index in [4.69, 9.17) is 21.1 Å². The lowest BCUT2D eigenvalue weighted by Gasteiger charge is -2.36. The molecule has 218 valence electrons. The maximum atomic E-state index is 14.6. The van der Waals surface area contributed by atoms with Gasteiger partial charge in [-0.3, -0.25) is 4.31 Å². The van der Waals surface area contributed by atoms with Crippen LogP contribution in [-0.4, -0.2) is 28.2 Å². The zero-order valence-corrected chi connectivity index (χ0v) is 24.1. The van der Waals surface area contributed by atoms with Crippen LogP contribution in [0.1, 0.15) is 42.0 Å². The second-order valence-corrected chi connectivity index (χ2v) is 12.0. The highest BCUT2D eigenvalue weighted by atomic mass is 35.5. The molecule has 3 aromatic rings. The van der Waals surface area contributed by atoms with Crippen molar-refractivity contribution in [1.29, 1.82) is 0 Å². The van der Waals surface area contributed by atoms with Crippen molar-refractivity contribution in [2.24, 2.45) is 0 Å². The van der Waals surface area contributed by atoms with Crippen LogP contribution < -0.4 is 9.04 Å². The number of hydrogen-bond acceptors (Lipinski definition) is 4. The molecule has 0 saturated carbocycles. The Morgan fingerprint density at radius 3 is 2.56 bits per heavy atom. The van der Waals surface area contributed by atoms with Crippen LogP contribution in [0.2, 0.25) is 5.02 Å². The van der Waals surface area contributed by atoms with E-state index >= 15 is 0 Å². The van der Waals surface area contributed by atoms with Crippen molar-refractivity contribution in [3.8, 4) is 5.75 Å². The summed E-state index contributed by atoms with van der Waals surface area (Å²) < 4.78 is 94.9. The van der Waals surface area contributed by atoms with E-state index in [2.05, 4.69) is 6.58 Å². The predicted octanol–water partition coefficient (Wildman–Crippen LogP) is 8.26. The molecule has 0 saturated heterocycles. The zero-order valence-electron chi connectivity index (χ0n) is 22.6. The van der Waals surface area contributed by atoms with Gasteiger partial charge in [-0.05, 0) is 79.4 Å². The number of ether oxygens (including phenoxy) is 2. The van der Waals surface area contributed by atoms with E-state index in [-0.39, 0.29) is 28.6 Å². The van der Waals surface area contributed by atoms with Gasteiger partial charge in [0.25, 0.3) is 10.0 Å². The fourth-order valence-electron chi connectivity index (χ4n) is 4.57. The number of nitrogens with zero attached hydrogens (tertiary/aromatic N) is 1. The minimum atomic E-state index is -4.72. The number of rotatable bonds is 8. The van der Waals surface area contributed by atoms with Crippen LogP contribution in [0.4, 0.5) is 23.2 Å². The number of fused-ring (bicyclic) bond motifs is 1. The Labute approximate surface area is 241 Å². The molecule has 1 aliphatic rings. The molecular formula is C30H28ClF4NO4S. The highest BCUT2D eigenvalue weighted by Gasteiger charge is 2.37. The maximum absolute atomic E-state index is 14.6. The molecule has 0 fully saturated rings. The Morgan fingerprint density at radius 2 is 1.90 bits per heavy atom. The smallest absolute Gasteiger partial charge is 0.416 e. The number of aryl methyl sites for hydroxylation is 1. The van der Waals surface area contributed by atoms with Crippen LogP contribution in [0, 0.1) is 12.7 Å². The van der Waals surface area contributed by atoms with E-state index in [9.17, 15) is 26.0 Å². The molecular weight excluding hydrogens is 582 g/mol. The molecule has 4 rings (SSSR count). The first-order chi connectivity index (χ1) is 19.2. The third kappa shape index (κ3) is 6.54. The number of sulfonamides is 1. The molecule has 0 radical (unpaired) electrons. The Kier molecular flexibility index (Phi) is 8.75. The number of hydrogen-bond donors (Lipinski definition) is 0. The van der Waals surface area contributed by atoms with Crippen molar-refractivity contribution in [3.05, 3.63) is 100 Å². The van der Waals surface area contributed by atoms with Crippen molar-refractivity contribution < 1.29 is 35.5 Å². The number of methoxy groups -OCH3 is 1. The molecule has 1 atom stereocenters. The SMILES string of the molecule is C=C(CC[C@H]1CN(S(=O)(=O)c2cccc(C(F)(F)F)c2)c2cc(/C=C(\C)c3c(F)cccc3Cl)c(C)cc2O1)OC. The van der Waals surface area contributed by atoms with E-state index in [0.29, 0.717) is 41.4 Å². The Balaban J connectivity index is 1.83. The largest absolute Gasteiger partial charge is 0.502 e. The molecule has 0 amide bonds. The molecule has 0 aliphatic carbocycles. The molecule has 41 heavy (non-hydrogen) atoms. The number of anilines is 1. The lowest BCUT2D eigenvalue weighted by Crippen LogP contribution is -2.43. The standard InChI is InChI=1S/C30H28ClF4NO4S/c1-18-14-28-27(15-21(18)13-19(2)29-25(31)9-6-10-26(29)32)36(17-23(40-28)12-11-20(3)39-4)41(37,38)24-8-5-7-22(16-24)30(33,34)35/h5-10,13-16,23H,3,11-12,17H2,1-2,4H3/b19-13+/t23-/m0/s1. The first-order valence-corrected chi connectivity index (χ1v) is 14.4. The maximum Gasteiger partial charge on any atom is 0.416 e. The van der Waals surface area contributed by atoms with Gasteiger partial charge < -0.3 is 9.47 Å². The van der Waals surface area contributed by atoms with Gasteiger partial charge in [-0.1, -0.05) is 36.4 Å². The van der Waals surface area contributed by atoms with Crippen LogP contribution in [0.3, 0.4) is 0 Å². The van der Waals surface area contributed by atoms with Gasteiger partial charge in [0, 0.05) is 12.0 Å². The topological polar surface area (TPSA) is 55.8 Å². The van der Waals surface area contributed by atoms with Crippen molar-refractivity contribution in [1.82, 2.24) is 0 Å². The van der Waals surface area contributed by atoms with Crippen molar-refractivity contribution in [3.63, 3.8) is 0 Å². The molecule has 1 aliphatic heterocycles. The van der Waals surface area contributed by atoms with Gasteiger partial charge in [0.15, 0.2) is 0 Å². The minimum absolute atomic E-state index is 0.147. The Morgan fingerprint density at radius 1 is 1.20 bits per heavy atom. The van der Waals surface area contributed by atoms with Gasteiger partial charge >= 0.3 is 6.18 Å². The minimum Gasteiger partial charge on any atom is -0.502 e. The lowest BCUT2D eigenvalue weighted by atomic mass is 9.99. The van der Waals surface area contributed by atoms with E-state index in [1.165, 1.54) is 19.2 Å². The van der Waals surface area contributed by atoms with E-state index < -0.39 is 38.6 Å². The first-order valence-electron chi connectivity index (χ1n) is 12.6. The highest BCUT2D eigenvalue weighted by molar-refractivity contribution is 7.92. The van der Waals surface area contributed by atoms with Crippen LogP contribution in [0.15, 0.2) is 71.8 Å². The molecule has 0 spiro atoms. The molecule has 11 heteroatoms. The summed E-state index contributed by atoms with van der Waals surface area (Å²) in [6, 6.07) is 11.2. The Hall–Kier alpha value is -3.50. The van der Waals surface area contributed by atoms with E-state index in [0.717, 1.165) is 22.5 Å². The second kappa shape index (κ2) is 11.8. The average molecular weight is 610 g/mol. The predicted molar refractivity (Wildman–Crippen MR) is 152 cm³/mol. The van der Waals surface area contributed by atoms with Crippen LogP contribution in [0.5, 0.6) is 5.75 Å². The molecule has 0 bridgehead atoms. The highest BCUT2D eigenvalue weighted by Crippen LogP contribution is 2.42. The summed E-state index contributed by atoms with van der Waals surface area (Å²) >= 11 is 6.24. The first kappa shape index (κ1) is 30.5. The molecule has 3 aromatic carbocycles. The van der Waals surface area contributed by atoms with Crippen molar-refractivity contribution >= 4 is 39.0 Å². The van der Waals surface area contributed by atoms with Crippen molar-refractivity contribution in [2.75, 3.05) is 18.0 Å². The summed E-state index contributed by atoms with van der Waals surface area (Å²) in [5.74, 6) is 0.209. The van der Waals surface area contributed by atoms with Crippen LogP contribution in [-0.2, 0) is 20.9 Å². The van der Waals surface area contributed by atoms with Crippen LogP contribution >= 0.6 is 11.6 Å². The third-order valence-corrected chi connectivity index (χ3v) is 8.88. The summed E-state index contributed by atoms with van der Waals surface area (Å²) in [6.45, 7) is 7.08. The van der Waals surface area contributed by atoms with E-state index in [1.807, 2.05) is 0 Å². The van der Waals surface area contributed by atoms with Gasteiger partial charge in [-0.2, -0.15) is 13.2 Å². The fourth-order valence-corrected chi connectivity index (χ4v) is 6.43. The molecule has 0 unspecified atom stereocenters. The fraction of sp³-hybridized carbons (Fsp3) is 0.267. The third-order valence-electron chi connectivity index (χ3n) is 6.79. The normalized spacial score (nSPS) is 15.8. The van der Waals surface area contributed by atoms with E-state index in [1.54, 1.807) is 38.1 Å². The summed E-state index contributed by atoms with van der Waals surface area (Å²) in [5.41, 5.74) is 1.03. The van der Waals surface area contributed by atoms with Gasteiger partial charge in [0.2, 0.25) is 0 Å². The summed E-state index contributed by atoms with van der Waals surface area (Å²) in [5, 5.41) is 0.215. The second-order valence-electron chi connectivity index (χ2n) is 9.68. The number of alkyl halides is 3. The van der Waals surface area contributed by atoms with Crippen molar-refractivity contribution in [2.45, 2.75) is 43.9 Å². The van der Waals surface area contributed by atoms with Crippen LogP contribution in [0.25, 0.3) is 11.6 Å². The lowest BCUT2D eigenvalue weighted by molar-refractivity contribution is -0.137. The number of allylic oxidation sites excluding steroid dienone is 2. The number of halogens is 5. The Bertz CT molecular complexity index is 1600. The molecule has 1 heterocycles. The quantitative estimate of drug-likeness (QED) is 0.147. The summed E-state index contributed by atoms with van der Waals surface area (Å²) in [7, 11) is -2.99. The van der Waals surface area contributed by atoms with Gasteiger partial charge in [-0.15, -0.1) is 0 Å². The average Bonchev–Trinajstić information content (AvgIpc) is 2.91. The van der Waals surface area contributed by atoms with Gasteiger partial charge in [0.05, 0.1) is 40.6 Å². The molecule has 0 aromatic heterocycles. The summed E-state index contributed by atoms with van der Waals surface area (Å²) in [4.78, 5) is -0.507. The monoisotopic (exact) mass is 609 g/mol.